The van der Waals surface area contributed by atoms with Gasteiger partial charge in [-0.3, -0.25) is 4.79 Å². The maximum atomic E-state index is 12.1. The molecule has 4 unspecified atom stereocenters. The molecule has 4 fully saturated rings. The Bertz CT molecular complexity index is 580. The molecule has 5 rings (SSSR count). The van der Waals surface area contributed by atoms with Crippen molar-refractivity contribution in [1.29, 1.82) is 0 Å². The van der Waals surface area contributed by atoms with E-state index in [9.17, 15) is 9.90 Å². The molecular weight excluding hydrogens is 260 g/mol. The third-order valence-electron chi connectivity index (χ3n) is 6.77. The summed E-state index contributed by atoms with van der Waals surface area (Å²) in [5.74, 6) is 0.0715. The van der Waals surface area contributed by atoms with Gasteiger partial charge in [-0.25, -0.2) is 0 Å². The third kappa shape index (κ3) is 1.74. The zero-order valence-corrected chi connectivity index (χ0v) is 12.8. The highest BCUT2D eigenvalue weighted by Crippen LogP contribution is 2.70. The van der Waals surface area contributed by atoms with Crippen molar-refractivity contribution in [2.75, 3.05) is 0 Å². The Morgan fingerprint density at radius 3 is 2.57 bits per heavy atom. The van der Waals surface area contributed by atoms with Gasteiger partial charge in [0.2, 0.25) is 0 Å². The van der Waals surface area contributed by atoms with Crippen LogP contribution in [0.1, 0.15) is 57.4 Å². The van der Waals surface area contributed by atoms with E-state index in [2.05, 4.69) is 37.3 Å². The average Bonchev–Trinajstić information content (AvgIpc) is 2.47. The molecule has 21 heavy (non-hydrogen) atoms. The normalized spacial score (nSPS) is 44.0. The molecule has 0 aromatic heterocycles. The number of carboxylic acid groups (broad SMARTS) is 1. The molecule has 0 spiro atoms. The highest BCUT2D eigenvalue weighted by Gasteiger charge is 2.65. The van der Waals surface area contributed by atoms with Crippen LogP contribution in [0.25, 0.3) is 0 Å². The number of carboxylic acids is 1. The molecule has 0 radical (unpaired) electrons. The second kappa shape index (κ2) is 4.12. The van der Waals surface area contributed by atoms with E-state index < -0.39 is 11.4 Å². The molecule has 1 aromatic carbocycles. The second-order valence-electron chi connectivity index (χ2n) is 8.09. The molecule has 0 aliphatic heterocycles. The Hall–Kier alpha value is -1.31. The van der Waals surface area contributed by atoms with Crippen LogP contribution in [0, 0.1) is 16.7 Å². The maximum absolute atomic E-state index is 12.1. The minimum absolute atomic E-state index is 0.120. The third-order valence-corrected chi connectivity index (χ3v) is 6.77. The van der Waals surface area contributed by atoms with Gasteiger partial charge in [-0.2, -0.15) is 0 Å². The standard InChI is InChI=1S/C19H24O2/c1-2-17-8-14-9-18(11-17,15-6-4-3-5-7-15)13-19(10-14,12-17)16(20)21/h3-7,14H,2,8-13H2,1H3,(H,20,21). The predicted octanol–water partition coefficient (Wildman–Crippen LogP) is 4.39. The fourth-order valence-electron chi connectivity index (χ4n) is 6.38. The number of aliphatic carboxylic acids is 1. The summed E-state index contributed by atoms with van der Waals surface area (Å²) in [6, 6.07) is 10.7. The van der Waals surface area contributed by atoms with Gasteiger partial charge in [0.15, 0.2) is 0 Å². The molecule has 1 aromatic rings. The predicted molar refractivity (Wildman–Crippen MR) is 82.1 cm³/mol. The summed E-state index contributed by atoms with van der Waals surface area (Å²) >= 11 is 0. The van der Waals surface area contributed by atoms with Crippen molar-refractivity contribution in [2.24, 2.45) is 16.7 Å². The molecular formula is C19H24O2. The van der Waals surface area contributed by atoms with Crippen molar-refractivity contribution >= 4 is 5.97 Å². The van der Waals surface area contributed by atoms with Crippen LogP contribution in [0.3, 0.4) is 0 Å². The van der Waals surface area contributed by atoms with Crippen molar-refractivity contribution in [3.63, 3.8) is 0 Å². The summed E-state index contributed by atoms with van der Waals surface area (Å²) < 4.78 is 0. The van der Waals surface area contributed by atoms with E-state index in [0.717, 1.165) is 25.7 Å². The Morgan fingerprint density at radius 1 is 1.14 bits per heavy atom. The first-order valence-electron chi connectivity index (χ1n) is 8.31. The summed E-state index contributed by atoms with van der Waals surface area (Å²) in [6.45, 7) is 2.27. The molecule has 4 saturated carbocycles. The Kier molecular flexibility index (Phi) is 2.62. The molecule has 0 saturated heterocycles. The Morgan fingerprint density at radius 2 is 1.90 bits per heavy atom. The van der Waals surface area contributed by atoms with E-state index in [0.29, 0.717) is 5.92 Å². The minimum atomic E-state index is -0.537. The summed E-state index contributed by atoms with van der Waals surface area (Å²) in [4.78, 5) is 12.1. The highest BCUT2D eigenvalue weighted by atomic mass is 16.4. The number of hydrogen-bond donors (Lipinski definition) is 1. The Balaban J connectivity index is 1.85. The van der Waals surface area contributed by atoms with Gasteiger partial charge in [-0.05, 0) is 60.8 Å². The smallest absolute Gasteiger partial charge is 0.309 e. The van der Waals surface area contributed by atoms with Crippen LogP contribution in [0.4, 0.5) is 0 Å². The van der Waals surface area contributed by atoms with Crippen LogP contribution >= 0.6 is 0 Å². The first-order chi connectivity index (χ1) is 10.0. The number of rotatable bonds is 3. The SMILES string of the molecule is CCC12CC3CC(C(=O)O)(C1)CC(c1ccccc1)(C3)C2. The lowest BCUT2D eigenvalue weighted by molar-refractivity contribution is -0.179. The lowest BCUT2D eigenvalue weighted by atomic mass is 9.38. The highest BCUT2D eigenvalue weighted by molar-refractivity contribution is 5.76. The van der Waals surface area contributed by atoms with Crippen LogP contribution in [-0.2, 0) is 10.2 Å². The van der Waals surface area contributed by atoms with Crippen molar-refractivity contribution in [1.82, 2.24) is 0 Å². The van der Waals surface area contributed by atoms with Gasteiger partial charge in [-0.1, -0.05) is 43.7 Å². The molecule has 0 heterocycles. The number of hydrogen-bond acceptors (Lipinski definition) is 1. The fourth-order valence-corrected chi connectivity index (χ4v) is 6.38. The average molecular weight is 284 g/mol. The molecule has 4 aliphatic rings. The van der Waals surface area contributed by atoms with Gasteiger partial charge in [0, 0.05) is 0 Å². The zero-order chi connectivity index (χ0) is 14.7. The van der Waals surface area contributed by atoms with Crippen LogP contribution in [0.2, 0.25) is 0 Å². The van der Waals surface area contributed by atoms with Crippen LogP contribution in [0.15, 0.2) is 30.3 Å². The molecule has 4 aliphatic carbocycles. The molecule has 2 heteroatoms. The monoisotopic (exact) mass is 284 g/mol. The van der Waals surface area contributed by atoms with Crippen LogP contribution < -0.4 is 0 Å². The first kappa shape index (κ1) is 13.4. The minimum Gasteiger partial charge on any atom is -0.481 e. The number of benzene rings is 1. The quantitative estimate of drug-likeness (QED) is 0.893. The first-order valence-corrected chi connectivity index (χ1v) is 8.31. The maximum Gasteiger partial charge on any atom is 0.309 e. The van der Waals surface area contributed by atoms with E-state index in [1.807, 2.05) is 0 Å². The molecule has 4 bridgehead atoms. The fraction of sp³-hybridized carbons (Fsp3) is 0.632. The van der Waals surface area contributed by atoms with Gasteiger partial charge in [0.1, 0.15) is 0 Å². The van der Waals surface area contributed by atoms with Gasteiger partial charge in [0.05, 0.1) is 5.41 Å². The number of carbonyl (C=O) groups is 1. The summed E-state index contributed by atoms with van der Waals surface area (Å²) in [5, 5.41) is 9.95. The molecule has 1 N–H and O–H groups in total. The summed E-state index contributed by atoms with van der Waals surface area (Å²) in [5.41, 5.74) is 1.33. The van der Waals surface area contributed by atoms with Crippen LogP contribution in [0.5, 0.6) is 0 Å². The van der Waals surface area contributed by atoms with Gasteiger partial charge >= 0.3 is 5.97 Å². The summed E-state index contributed by atoms with van der Waals surface area (Å²) in [6.07, 6.45) is 7.48. The van der Waals surface area contributed by atoms with E-state index in [4.69, 9.17) is 0 Å². The van der Waals surface area contributed by atoms with Crippen molar-refractivity contribution in [3.8, 4) is 0 Å². The van der Waals surface area contributed by atoms with Gasteiger partial charge in [-0.15, -0.1) is 0 Å². The molecule has 4 atom stereocenters. The van der Waals surface area contributed by atoms with Crippen LogP contribution in [-0.4, -0.2) is 11.1 Å². The topological polar surface area (TPSA) is 37.3 Å². The largest absolute Gasteiger partial charge is 0.481 e. The molecule has 2 nitrogen and oxygen atoms in total. The van der Waals surface area contributed by atoms with Gasteiger partial charge < -0.3 is 5.11 Å². The lowest BCUT2D eigenvalue weighted by Gasteiger charge is -2.65. The van der Waals surface area contributed by atoms with E-state index >= 15 is 0 Å². The van der Waals surface area contributed by atoms with E-state index in [1.54, 1.807) is 0 Å². The lowest BCUT2D eigenvalue weighted by Crippen LogP contribution is -2.60. The molecule has 112 valence electrons. The van der Waals surface area contributed by atoms with E-state index in [1.165, 1.54) is 24.8 Å². The molecule has 0 amide bonds. The van der Waals surface area contributed by atoms with Crippen molar-refractivity contribution in [3.05, 3.63) is 35.9 Å². The van der Waals surface area contributed by atoms with Crippen molar-refractivity contribution < 1.29 is 9.90 Å². The van der Waals surface area contributed by atoms with Crippen molar-refractivity contribution in [2.45, 2.75) is 57.3 Å². The summed E-state index contributed by atoms with van der Waals surface area (Å²) in [7, 11) is 0. The second-order valence-corrected chi connectivity index (χ2v) is 8.09. The zero-order valence-electron chi connectivity index (χ0n) is 12.8. The Labute approximate surface area is 126 Å². The van der Waals surface area contributed by atoms with Gasteiger partial charge in [0.25, 0.3) is 0 Å². The van der Waals surface area contributed by atoms with E-state index in [-0.39, 0.29) is 10.8 Å².